The van der Waals surface area contributed by atoms with Crippen LogP contribution in [0.2, 0.25) is 0 Å². The molecule has 0 saturated heterocycles. The lowest BCUT2D eigenvalue weighted by Gasteiger charge is -2.34. The summed E-state index contributed by atoms with van der Waals surface area (Å²) in [6.45, 7) is 3.65. The normalized spacial score (nSPS) is 24.8. The quantitative estimate of drug-likeness (QED) is 0.590. The van der Waals surface area contributed by atoms with Crippen LogP contribution in [0.1, 0.15) is 19.3 Å². The molecule has 5 heteroatoms. The monoisotopic (exact) mass is 238 g/mol. The Morgan fingerprint density at radius 2 is 2.06 bits per heavy atom. The fourth-order valence-electron chi connectivity index (χ4n) is 2.00. The molecule has 0 radical (unpaired) electrons. The zero-order valence-electron chi connectivity index (χ0n) is 8.91. The Balaban J connectivity index is 2.24. The number of nitrogens with zero attached hydrogens (tertiary/aromatic N) is 2. The van der Waals surface area contributed by atoms with Crippen molar-refractivity contribution in [3.8, 4) is 0 Å². The summed E-state index contributed by atoms with van der Waals surface area (Å²) in [6, 6.07) is 1.61. The summed E-state index contributed by atoms with van der Waals surface area (Å²) in [5, 5.41) is -0.373. The second-order valence-electron chi connectivity index (χ2n) is 3.98. The third-order valence-electron chi connectivity index (χ3n) is 3.01. The molecule has 1 saturated carbocycles. The van der Waals surface area contributed by atoms with Crippen LogP contribution in [0, 0.1) is 5.92 Å². The van der Waals surface area contributed by atoms with Gasteiger partial charge in [0, 0.05) is 12.4 Å². The van der Waals surface area contributed by atoms with E-state index in [1.807, 2.05) is 0 Å². The highest BCUT2D eigenvalue weighted by Crippen LogP contribution is 2.38. The van der Waals surface area contributed by atoms with E-state index >= 15 is 0 Å². The fraction of sp³-hybridized carbons (Fsp3) is 0.455. The van der Waals surface area contributed by atoms with E-state index < -0.39 is 9.84 Å². The molecule has 4 nitrogen and oxygen atoms in total. The molecule has 1 aromatic heterocycles. The maximum atomic E-state index is 12.1. The maximum Gasteiger partial charge on any atom is 0.247 e. The molecule has 2 atom stereocenters. The molecular formula is C11H14N2O2S. The molecule has 1 fully saturated rings. The first-order chi connectivity index (χ1) is 7.66. The van der Waals surface area contributed by atoms with E-state index in [1.54, 1.807) is 12.1 Å². The number of aromatic nitrogens is 2. The Hall–Kier alpha value is -1.23. The van der Waals surface area contributed by atoms with Crippen LogP contribution in [-0.2, 0) is 9.84 Å². The Bertz CT molecular complexity index is 470. The molecule has 0 amide bonds. The van der Waals surface area contributed by atoms with Gasteiger partial charge in [0.15, 0.2) is 0 Å². The highest BCUT2D eigenvalue weighted by molar-refractivity contribution is 7.91. The van der Waals surface area contributed by atoms with Crippen molar-refractivity contribution in [1.29, 1.82) is 0 Å². The largest absolute Gasteiger partial charge is 0.247 e. The van der Waals surface area contributed by atoms with Crippen molar-refractivity contribution in [3.05, 3.63) is 31.1 Å². The summed E-state index contributed by atoms with van der Waals surface area (Å²) in [6.07, 6.45) is 7.10. The van der Waals surface area contributed by atoms with Crippen LogP contribution in [-0.4, -0.2) is 23.6 Å². The summed E-state index contributed by atoms with van der Waals surface area (Å²) in [7, 11) is -3.34. The molecule has 16 heavy (non-hydrogen) atoms. The minimum absolute atomic E-state index is 0.0474. The summed E-state index contributed by atoms with van der Waals surface area (Å²) in [4.78, 5) is 7.65. The molecule has 86 valence electrons. The van der Waals surface area contributed by atoms with Gasteiger partial charge in [-0.15, -0.1) is 6.58 Å². The zero-order chi connectivity index (χ0) is 11.6. The zero-order valence-corrected chi connectivity index (χ0v) is 9.73. The van der Waals surface area contributed by atoms with Gasteiger partial charge >= 0.3 is 0 Å². The van der Waals surface area contributed by atoms with Gasteiger partial charge in [-0.1, -0.05) is 6.08 Å². The van der Waals surface area contributed by atoms with Crippen LogP contribution in [0.3, 0.4) is 0 Å². The van der Waals surface area contributed by atoms with E-state index in [1.165, 1.54) is 12.4 Å². The Morgan fingerprint density at radius 3 is 2.56 bits per heavy atom. The first-order valence-corrected chi connectivity index (χ1v) is 6.82. The molecule has 1 aliphatic rings. The molecule has 1 heterocycles. The molecule has 0 aromatic carbocycles. The average molecular weight is 238 g/mol. The van der Waals surface area contributed by atoms with Crippen LogP contribution in [0.15, 0.2) is 36.3 Å². The van der Waals surface area contributed by atoms with Gasteiger partial charge in [-0.25, -0.2) is 18.4 Å². The third-order valence-corrected chi connectivity index (χ3v) is 5.15. The van der Waals surface area contributed by atoms with Gasteiger partial charge < -0.3 is 0 Å². The summed E-state index contributed by atoms with van der Waals surface area (Å²) >= 11 is 0. The minimum atomic E-state index is -3.34. The van der Waals surface area contributed by atoms with E-state index in [9.17, 15) is 8.42 Å². The van der Waals surface area contributed by atoms with Gasteiger partial charge in [-0.05, 0) is 31.2 Å². The van der Waals surface area contributed by atoms with Crippen molar-refractivity contribution in [2.24, 2.45) is 5.92 Å². The van der Waals surface area contributed by atoms with E-state index in [0.29, 0.717) is 6.42 Å². The van der Waals surface area contributed by atoms with Crippen molar-refractivity contribution in [2.45, 2.75) is 29.7 Å². The summed E-state index contributed by atoms with van der Waals surface area (Å²) < 4.78 is 24.3. The number of allylic oxidation sites excluding steroid dienone is 1. The van der Waals surface area contributed by atoms with Crippen molar-refractivity contribution in [1.82, 2.24) is 9.97 Å². The second kappa shape index (κ2) is 4.33. The van der Waals surface area contributed by atoms with Crippen LogP contribution in [0.5, 0.6) is 0 Å². The summed E-state index contributed by atoms with van der Waals surface area (Å²) in [5.74, 6) is 0.186. The maximum absolute atomic E-state index is 12.1. The predicted molar refractivity (Wildman–Crippen MR) is 60.5 cm³/mol. The van der Waals surface area contributed by atoms with E-state index in [4.69, 9.17) is 0 Å². The third kappa shape index (κ3) is 1.87. The van der Waals surface area contributed by atoms with Gasteiger partial charge in [0.1, 0.15) is 0 Å². The standard InChI is InChI=1S/C11H14N2O2S/c1-2-4-9-5-6-10(9)16(14,15)11-12-7-3-8-13-11/h2-3,7-10H,1,4-6H2/t9-,10-/m0/s1. The fourth-order valence-corrected chi connectivity index (χ4v) is 3.89. The van der Waals surface area contributed by atoms with E-state index in [-0.39, 0.29) is 16.3 Å². The second-order valence-corrected chi connectivity index (χ2v) is 6.04. The molecule has 0 aliphatic heterocycles. The molecule has 2 rings (SSSR count). The van der Waals surface area contributed by atoms with Crippen LogP contribution < -0.4 is 0 Å². The van der Waals surface area contributed by atoms with Crippen LogP contribution in [0.4, 0.5) is 0 Å². The molecule has 0 spiro atoms. The van der Waals surface area contributed by atoms with Crippen LogP contribution in [0.25, 0.3) is 0 Å². The Kier molecular flexibility index (Phi) is 3.05. The molecule has 0 unspecified atom stereocenters. The van der Waals surface area contributed by atoms with Gasteiger partial charge in [0.05, 0.1) is 5.25 Å². The highest BCUT2D eigenvalue weighted by Gasteiger charge is 2.42. The summed E-state index contributed by atoms with van der Waals surface area (Å²) in [5.41, 5.74) is 0. The molecule has 1 aliphatic carbocycles. The van der Waals surface area contributed by atoms with E-state index in [2.05, 4.69) is 16.5 Å². The minimum Gasteiger partial charge on any atom is -0.227 e. The topological polar surface area (TPSA) is 59.9 Å². The molecule has 0 N–H and O–H groups in total. The van der Waals surface area contributed by atoms with Crippen molar-refractivity contribution < 1.29 is 8.42 Å². The van der Waals surface area contributed by atoms with Crippen molar-refractivity contribution in [2.75, 3.05) is 0 Å². The van der Waals surface area contributed by atoms with Gasteiger partial charge in [0.2, 0.25) is 15.0 Å². The smallest absolute Gasteiger partial charge is 0.227 e. The van der Waals surface area contributed by atoms with Crippen molar-refractivity contribution in [3.63, 3.8) is 0 Å². The predicted octanol–water partition coefficient (Wildman–Crippen LogP) is 1.60. The number of hydrogen-bond donors (Lipinski definition) is 0. The van der Waals surface area contributed by atoms with Gasteiger partial charge in [-0.2, -0.15) is 0 Å². The van der Waals surface area contributed by atoms with Crippen molar-refractivity contribution >= 4 is 9.84 Å². The number of rotatable bonds is 4. The first-order valence-electron chi connectivity index (χ1n) is 5.28. The molecular weight excluding hydrogens is 224 g/mol. The Morgan fingerprint density at radius 1 is 1.38 bits per heavy atom. The Labute approximate surface area is 95.4 Å². The molecule has 0 bridgehead atoms. The number of sulfone groups is 1. The van der Waals surface area contributed by atoms with Gasteiger partial charge in [0.25, 0.3) is 0 Å². The SMILES string of the molecule is C=CC[C@H]1CC[C@@H]1S(=O)(=O)c1ncccn1. The lowest BCUT2D eigenvalue weighted by molar-refractivity contribution is 0.318. The lowest BCUT2D eigenvalue weighted by atomic mass is 9.82. The average Bonchev–Trinajstić information content (AvgIpc) is 2.25. The van der Waals surface area contributed by atoms with Gasteiger partial charge in [-0.3, -0.25) is 0 Å². The first kappa shape index (κ1) is 11.3. The van der Waals surface area contributed by atoms with Crippen LogP contribution >= 0.6 is 0 Å². The van der Waals surface area contributed by atoms with E-state index in [0.717, 1.165) is 12.8 Å². The number of hydrogen-bond acceptors (Lipinski definition) is 4. The lowest BCUT2D eigenvalue weighted by Crippen LogP contribution is -2.39. The molecule has 1 aromatic rings. The highest BCUT2D eigenvalue weighted by atomic mass is 32.2.